The standard InChI is InChI=1S/C22H25N5O2S/c1-22(2)7-3-9-27(22)15-4-5-19-18(10-15)17(6-8-24-19)21(29)25-12-20(28)26-14-30-13-16(26)11-23/h4-6,8,10,16H,3,7,9,12-14H2,1-2H3,(H,25,29). The van der Waals surface area contributed by atoms with Gasteiger partial charge in [-0.2, -0.15) is 5.26 Å². The van der Waals surface area contributed by atoms with Crippen LogP contribution < -0.4 is 10.2 Å². The van der Waals surface area contributed by atoms with Crippen molar-refractivity contribution in [2.75, 3.05) is 29.6 Å². The zero-order valence-electron chi connectivity index (χ0n) is 17.2. The molecule has 0 spiro atoms. The van der Waals surface area contributed by atoms with Gasteiger partial charge < -0.3 is 15.1 Å². The number of benzene rings is 1. The Morgan fingerprint density at radius 2 is 2.20 bits per heavy atom. The Morgan fingerprint density at radius 1 is 1.37 bits per heavy atom. The van der Waals surface area contributed by atoms with Crippen molar-refractivity contribution in [2.24, 2.45) is 0 Å². The number of anilines is 1. The van der Waals surface area contributed by atoms with Crippen molar-refractivity contribution in [3.8, 4) is 6.07 Å². The van der Waals surface area contributed by atoms with Gasteiger partial charge in [0, 0.05) is 35.1 Å². The number of rotatable bonds is 4. The van der Waals surface area contributed by atoms with Gasteiger partial charge in [0.1, 0.15) is 6.04 Å². The summed E-state index contributed by atoms with van der Waals surface area (Å²) in [7, 11) is 0. The van der Waals surface area contributed by atoms with Crippen LogP contribution in [0, 0.1) is 11.3 Å². The zero-order chi connectivity index (χ0) is 21.3. The van der Waals surface area contributed by atoms with Crippen LogP contribution in [0.2, 0.25) is 0 Å². The van der Waals surface area contributed by atoms with E-state index in [1.807, 2.05) is 12.1 Å². The minimum Gasteiger partial charge on any atom is -0.366 e. The van der Waals surface area contributed by atoms with E-state index < -0.39 is 6.04 Å². The van der Waals surface area contributed by atoms with E-state index in [1.165, 1.54) is 4.90 Å². The van der Waals surface area contributed by atoms with Crippen molar-refractivity contribution in [1.29, 1.82) is 5.26 Å². The van der Waals surface area contributed by atoms with Crippen molar-refractivity contribution >= 4 is 40.2 Å². The fourth-order valence-electron chi connectivity index (χ4n) is 4.23. The number of amides is 2. The molecule has 0 bridgehead atoms. The molecule has 30 heavy (non-hydrogen) atoms. The Balaban J connectivity index is 1.54. The number of pyridine rings is 1. The molecule has 2 aliphatic heterocycles. The van der Waals surface area contributed by atoms with Crippen LogP contribution >= 0.6 is 11.8 Å². The van der Waals surface area contributed by atoms with Gasteiger partial charge >= 0.3 is 0 Å². The molecule has 2 fully saturated rings. The number of hydrogen-bond acceptors (Lipinski definition) is 6. The minimum absolute atomic E-state index is 0.0791. The van der Waals surface area contributed by atoms with E-state index in [-0.39, 0.29) is 23.9 Å². The lowest BCUT2D eigenvalue weighted by Gasteiger charge is -2.34. The largest absolute Gasteiger partial charge is 0.366 e. The summed E-state index contributed by atoms with van der Waals surface area (Å²) in [6.45, 7) is 5.33. The van der Waals surface area contributed by atoms with Gasteiger partial charge in [0.05, 0.1) is 29.6 Å². The first-order chi connectivity index (χ1) is 14.4. The number of hydrogen-bond donors (Lipinski definition) is 1. The first-order valence-corrected chi connectivity index (χ1v) is 11.3. The SMILES string of the molecule is CC1(C)CCCN1c1ccc2nccc(C(=O)NCC(=O)N3CSCC3C#N)c2c1. The highest BCUT2D eigenvalue weighted by Gasteiger charge is 2.32. The Hall–Kier alpha value is -2.79. The average Bonchev–Trinajstić information content (AvgIpc) is 3.36. The molecule has 1 aromatic heterocycles. The van der Waals surface area contributed by atoms with Crippen LogP contribution in [0.1, 0.15) is 37.0 Å². The molecule has 156 valence electrons. The normalized spacial score (nSPS) is 20.4. The Morgan fingerprint density at radius 3 is 2.93 bits per heavy atom. The van der Waals surface area contributed by atoms with Gasteiger partial charge in [0.15, 0.2) is 0 Å². The number of carbonyl (C=O) groups is 2. The Kier molecular flexibility index (Phi) is 5.56. The van der Waals surface area contributed by atoms with E-state index in [0.29, 0.717) is 17.2 Å². The molecule has 2 aromatic rings. The van der Waals surface area contributed by atoms with Crippen molar-refractivity contribution in [3.63, 3.8) is 0 Å². The summed E-state index contributed by atoms with van der Waals surface area (Å²) in [5.41, 5.74) is 2.40. The van der Waals surface area contributed by atoms with Crippen molar-refractivity contribution in [2.45, 2.75) is 38.3 Å². The van der Waals surface area contributed by atoms with E-state index in [0.717, 1.165) is 36.0 Å². The maximum atomic E-state index is 12.9. The third-order valence-corrected chi connectivity index (χ3v) is 6.95. The van der Waals surface area contributed by atoms with Gasteiger partial charge in [-0.3, -0.25) is 14.6 Å². The van der Waals surface area contributed by atoms with Crippen LogP contribution in [0.4, 0.5) is 5.69 Å². The van der Waals surface area contributed by atoms with E-state index >= 15 is 0 Å². The number of carbonyl (C=O) groups excluding carboxylic acids is 2. The molecule has 2 saturated heterocycles. The molecule has 0 radical (unpaired) electrons. The number of aromatic nitrogens is 1. The van der Waals surface area contributed by atoms with Crippen molar-refractivity contribution in [3.05, 3.63) is 36.0 Å². The second-order valence-corrected chi connectivity index (χ2v) is 9.32. The minimum atomic E-state index is -0.424. The van der Waals surface area contributed by atoms with Crippen LogP contribution in [-0.4, -0.2) is 58.0 Å². The fraction of sp³-hybridized carbons (Fsp3) is 0.455. The summed E-state index contributed by atoms with van der Waals surface area (Å²) in [4.78, 5) is 33.6. The van der Waals surface area contributed by atoms with E-state index in [9.17, 15) is 9.59 Å². The molecule has 1 atom stereocenters. The maximum Gasteiger partial charge on any atom is 0.252 e. The summed E-state index contributed by atoms with van der Waals surface area (Å²) in [5, 5.41) is 12.7. The number of fused-ring (bicyclic) bond motifs is 1. The predicted molar refractivity (Wildman–Crippen MR) is 118 cm³/mol. The highest BCUT2D eigenvalue weighted by atomic mass is 32.2. The van der Waals surface area contributed by atoms with Gasteiger partial charge in [-0.05, 0) is 51.0 Å². The third-order valence-electron chi connectivity index (χ3n) is 5.93. The lowest BCUT2D eigenvalue weighted by atomic mass is 10.0. The van der Waals surface area contributed by atoms with Crippen LogP contribution in [0.25, 0.3) is 10.9 Å². The quantitative estimate of drug-likeness (QED) is 0.813. The van der Waals surface area contributed by atoms with E-state index in [2.05, 4.69) is 41.2 Å². The monoisotopic (exact) mass is 423 g/mol. The van der Waals surface area contributed by atoms with E-state index in [4.69, 9.17) is 5.26 Å². The fourth-order valence-corrected chi connectivity index (χ4v) is 5.34. The smallest absolute Gasteiger partial charge is 0.252 e. The molecule has 1 N–H and O–H groups in total. The highest BCUT2D eigenvalue weighted by Crippen LogP contribution is 2.35. The molecular weight excluding hydrogens is 398 g/mol. The van der Waals surface area contributed by atoms with Crippen molar-refractivity contribution in [1.82, 2.24) is 15.2 Å². The zero-order valence-corrected chi connectivity index (χ0v) is 18.0. The molecule has 1 unspecified atom stereocenters. The molecule has 0 saturated carbocycles. The number of nitriles is 1. The second kappa shape index (κ2) is 8.15. The Labute approximate surface area is 180 Å². The topological polar surface area (TPSA) is 89.3 Å². The molecule has 4 rings (SSSR count). The molecule has 7 nitrogen and oxygen atoms in total. The number of nitrogens with one attached hydrogen (secondary N) is 1. The summed E-state index contributed by atoms with van der Waals surface area (Å²) < 4.78 is 0. The molecule has 3 heterocycles. The summed E-state index contributed by atoms with van der Waals surface area (Å²) in [6.07, 6.45) is 3.89. The number of nitrogens with zero attached hydrogens (tertiary/aromatic N) is 4. The van der Waals surface area contributed by atoms with Crippen LogP contribution in [0.15, 0.2) is 30.5 Å². The summed E-state index contributed by atoms with van der Waals surface area (Å²) >= 11 is 1.55. The highest BCUT2D eigenvalue weighted by molar-refractivity contribution is 7.99. The van der Waals surface area contributed by atoms with Crippen LogP contribution in [-0.2, 0) is 4.79 Å². The first kappa shape index (κ1) is 20.5. The second-order valence-electron chi connectivity index (χ2n) is 8.32. The molecule has 0 aliphatic carbocycles. The predicted octanol–water partition coefficient (Wildman–Crippen LogP) is 2.77. The maximum absolute atomic E-state index is 12.9. The van der Waals surface area contributed by atoms with Gasteiger partial charge in [-0.15, -0.1) is 11.8 Å². The van der Waals surface area contributed by atoms with E-state index in [1.54, 1.807) is 24.0 Å². The molecule has 1 aromatic carbocycles. The summed E-state index contributed by atoms with van der Waals surface area (Å²) in [5.74, 6) is 0.549. The van der Waals surface area contributed by atoms with Gasteiger partial charge in [-0.1, -0.05) is 0 Å². The third kappa shape index (κ3) is 3.82. The van der Waals surface area contributed by atoms with Gasteiger partial charge in [0.25, 0.3) is 5.91 Å². The number of thioether (sulfide) groups is 1. The van der Waals surface area contributed by atoms with Gasteiger partial charge in [-0.25, -0.2) is 0 Å². The lowest BCUT2D eigenvalue weighted by Crippen LogP contribution is -2.42. The molecule has 8 heteroatoms. The average molecular weight is 424 g/mol. The first-order valence-electron chi connectivity index (χ1n) is 10.1. The summed E-state index contributed by atoms with van der Waals surface area (Å²) in [6, 6.07) is 9.42. The van der Waals surface area contributed by atoms with Crippen molar-refractivity contribution < 1.29 is 9.59 Å². The van der Waals surface area contributed by atoms with Crippen LogP contribution in [0.3, 0.4) is 0 Å². The van der Waals surface area contributed by atoms with Crippen LogP contribution in [0.5, 0.6) is 0 Å². The van der Waals surface area contributed by atoms with Gasteiger partial charge in [0.2, 0.25) is 5.91 Å². The molecule has 2 amide bonds. The lowest BCUT2D eigenvalue weighted by molar-refractivity contribution is -0.129. The molecule has 2 aliphatic rings. The molecular formula is C22H25N5O2S. The Bertz CT molecular complexity index is 1030.